The van der Waals surface area contributed by atoms with Crippen molar-refractivity contribution in [2.75, 3.05) is 0 Å². The van der Waals surface area contributed by atoms with Crippen molar-refractivity contribution in [1.29, 1.82) is 0 Å². The van der Waals surface area contributed by atoms with Gasteiger partial charge in [0.1, 0.15) is 0 Å². The van der Waals surface area contributed by atoms with E-state index in [1.54, 1.807) is 36.4 Å². The van der Waals surface area contributed by atoms with Crippen LogP contribution < -0.4 is 0 Å². The average molecular weight is 427 g/mol. The van der Waals surface area contributed by atoms with E-state index in [0.717, 1.165) is 11.0 Å². The monoisotopic (exact) mass is 426 g/mol. The van der Waals surface area contributed by atoms with E-state index in [4.69, 9.17) is 0 Å². The van der Waals surface area contributed by atoms with E-state index in [0.29, 0.717) is 12.8 Å². The molecule has 6 heteroatoms. The van der Waals surface area contributed by atoms with Gasteiger partial charge in [-0.3, -0.25) is 0 Å². The van der Waals surface area contributed by atoms with Crippen LogP contribution >= 0.6 is 0 Å². The van der Waals surface area contributed by atoms with Crippen LogP contribution in [0.5, 0.6) is 0 Å². The molecule has 29 heavy (non-hydrogen) atoms. The van der Waals surface area contributed by atoms with Gasteiger partial charge in [-0.1, -0.05) is 66.7 Å². The Morgan fingerprint density at radius 2 is 1.14 bits per heavy atom. The number of sulfone groups is 2. The van der Waals surface area contributed by atoms with E-state index >= 15 is 0 Å². The Morgan fingerprint density at radius 3 is 1.69 bits per heavy atom. The van der Waals surface area contributed by atoms with Crippen LogP contribution in [0.15, 0.2) is 111 Å². The van der Waals surface area contributed by atoms with Crippen LogP contribution in [0.1, 0.15) is 18.4 Å². The fraction of sp³-hybridized carbons (Fsp3) is 0.130. The predicted octanol–water partition coefficient (Wildman–Crippen LogP) is 4.80. The maximum absolute atomic E-state index is 13.2. The standard InChI is InChI=1S/C23H22O4S2/c24-28(25,21-14-6-2-7-15-21)19-23(18-10-13-20-11-4-1-5-12-20)29(26,27)22-16-8-3-9-17-22/h1-9,11-12,14-17,19H,10,13,18H2/b23-19-. The van der Waals surface area contributed by atoms with Gasteiger partial charge in [-0.05, 0) is 49.1 Å². The minimum absolute atomic E-state index is 0.0730. The zero-order valence-corrected chi connectivity index (χ0v) is 17.4. The van der Waals surface area contributed by atoms with Crippen molar-refractivity contribution in [2.45, 2.75) is 29.1 Å². The van der Waals surface area contributed by atoms with E-state index in [1.165, 1.54) is 24.3 Å². The third-order valence-corrected chi connectivity index (χ3v) is 8.07. The van der Waals surface area contributed by atoms with Gasteiger partial charge in [-0.15, -0.1) is 0 Å². The number of hydrogen-bond acceptors (Lipinski definition) is 4. The Kier molecular flexibility index (Phi) is 6.67. The molecule has 3 aromatic rings. The van der Waals surface area contributed by atoms with Gasteiger partial charge in [-0.2, -0.15) is 0 Å². The molecule has 0 atom stereocenters. The van der Waals surface area contributed by atoms with Crippen molar-refractivity contribution in [1.82, 2.24) is 0 Å². The van der Waals surface area contributed by atoms with Gasteiger partial charge in [0, 0.05) is 0 Å². The summed E-state index contributed by atoms with van der Waals surface area (Å²) >= 11 is 0. The molecule has 4 nitrogen and oxygen atoms in total. The maximum Gasteiger partial charge on any atom is 0.203 e. The molecular weight excluding hydrogens is 404 g/mol. The summed E-state index contributed by atoms with van der Waals surface area (Å²) in [6.45, 7) is 0. The fourth-order valence-corrected chi connectivity index (χ4v) is 6.22. The first-order valence-electron chi connectivity index (χ1n) is 9.24. The zero-order chi connectivity index (χ0) is 20.7. The lowest BCUT2D eigenvalue weighted by Gasteiger charge is -2.10. The molecule has 3 rings (SSSR count). The minimum atomic E-state index is -3.91. The lowest BCUT2D eigenvalue weighted by molar-refractivity contribution is 0.595. The van der Waals surface area contributed by atoms with Crippen LogP contribution in [0.4, 0.5) is 0 Å². The number of benzene rings is 3. The Hall–Kier alpha value is -2.70. The summed E-state index contributed by atoms with van der Waals surface area (Å²) in [7, 11) is -7.80. The number of hydrogen-bond donors (Lipinski definition) is 0. The highest BCUT2D eigenvalue weighted by atomic mass is 32.2. The smallest absolute Gasteiger partial charge is 0.203 e. The first kappa shape index (κ1) is 21.0. The summed E-state index contributed by atoms with van der Waals surface area (Å²) in [5.41, 5.74) is 1.08. The maximum atomic E-state index is 13.2. The summed E-state index contributed by atoms with van der Waals surface area (Å²) in [5.74, 6) is 0. The molecule has 3 aromatic carbocycles. The molecule has 0 bridgehead atoms. The van der Waals surface area contributed by atoms with Crippen LogP contribution in [0.3, 0.4) is 0 Å². The molecule has 0 heterocycles. The van der Waals surface area contributed by atoms with Gasteiger partial charge < -0.3 is 0 Å². The van der Waals surface area contributed by atoms with Gasteiger partial charge in [-0.25, -0.2) is 16.8 Å². The highest BCUT2D eigenvalue weighted by Crippen LogP contribution is 2.26. The van der Waals surface area contributed by atoms with Crippen molar-refractivity contribution >= 4 is 19.7 Å². The van der Waals surface area contributed by atoms with Crippen LogP contribution in [-0.4, -0.2) is 16.8 Å². The summed E-state index contributed by atoms with van der Waals surface area (Å²) in [6.07, 6.45) is 1.32. The van der Waals surface area contributed by atoms with Crippen molar-refractivity contribution in [3.63, 3.8) is 0 Å². The number of rotatable bonds is 8. The summed E-state index contributed by atoms with van der Waals surface area (Å²) in [6, 6.07) is 25.5. The molecule has 0 aromatic heterocycles. The molecule has 0 radical (unpaired) electrons. The van der Waals surface area contributed by atoms with Gasteiger partial charge >= 0.3 is 0 Å². The second-order valence-corrected chi connectivity index (χ2v) is 10.4. The molecule has 0 spiro atoms. The molecule has 0 aliphatic heterocycles. The summed E-state index contributed by atoms with van der Waals surface area (Å²) in [5, 5.41) is 0.912. The molecule has 0 N–H and O–H groups in total. The van der Waals surface area contributed by atoms with E-state index in [2.05, 4.69) is 0 Å². The number of allylic oxidation sites excluding steroid dienone is 1. The summed E-state index contributed by atoms with van der Waals surface area (Å²) in [4.78, 5) is 0.0709. The van der Waals surface area contributed by atoms with Crippen molar-refractivity contribution < 1.29 is 16.8 Å². The first-order chi connectivity index (χ1) is 13.9. The second kappa shape index (κ2) is 9.20. The lowest BCUT2D eigenvalue weighted by Crippen LogP contribution is -2.09. The van der Waals surface area contributed by atoms with Gasteiger partial charge in [0.2, 0.25) is 19.7 Å². The van der Waals surface area contributed by atoms with Crippen LogP contribution in [0, 0.1) is 0 Å². The van der Waals surface area contributed by atoms with Crippen molar-refractivity contribution in [2.24, 2.45) is 0 Å². The molecule has 0 fully saturated rings. The molecular formula is C23H22O4S2. The molecule has 0 aliphatic carbocycles. The molecule has 0 unspecified atom stereocenters. The molecule has 0 amide bonds. The van der Waals surface area contributed by atoms with E-state index < -0.39 is 19.7 Å². The molecule has 0 aliphatic rings. The SMILES string of the molecule is O=S(=O)(/C=C(/CCCc1ccccc1)S(=O)(=O)c1ccccc1)c1ccccc1. The average Bonchev–Trinajstić information content (AvgIpc) is 2.75. The van der Waals surface area contributed by atoms with Crippen molar-refractivity contribution in [3.05, 3.63) is 107 Å². The first-order valence-corrected chi connectivity index (χ1v) is 12.3. The third kappa shape index (κ3) is 5.43. The lowest BCUT2D eigenvalue weighted by atomic mass is 10.1. The van der Waals surface area contributed by atoms with Gasteiger partial charge in [0.05, 0.1) is 20.1 Å². The third-order valence-electron chi connectivity index (χ3n) is 4.49. The van der Waals surface area contributed by atoms with Crippen LogP contribution in [0.2, 0.25) is 0 Å². The molecule has 150 valence electrons. The Balaban J connectivity index is 1.95. The Morgan fingerprint density at radius 1 is 0.655 bits per heavy atom. The van der Waals surface area contributed by atoms with Crippen LogP contribution in [-0.2, 0) is 26.1 Å². The summed E-state index contributed by atoms with van der Waals surface area (Å²) < 4.78 is 51.9. The predicted molar refractivity (Wildman–Crippen MR) is 115 cm³/mol. The fourth-order valence-electron chi connectivity index (χ4n) is 2.97. The Labute approximate surface area is 172 Å². The topological polar surface area (TPSA) is 68.3 Å². The van der Waals surface area contributed by atoms with Gasteiger partial charge in [0.25, 0.3) is 0 Å². The second-order valence-electron chi connectivity index (χ2n) is 6.60. The highest BCUT2D eigenvalue weighted by molar-refractivity contribution is 7.98. The quantitative estimate of drug-likeness (QED) is 0.519. The zero-order valence-electron chi connectivity index (χ0n) is 15.8. The van der Waals surface area contributed by atoms with E-state index in [-0.39, 0.29) is 21.1 Å². The largest absolute Gasteiger partial charge is 0.219 e. The van der Waals surface area contributed by atoms with Crippen molar-refractivity contribution in [3.8, 4) is 0 Å². The molecule has 0 saturated heterocycles. The van der Waals surface area contributed by atoms with Gasteiger partial charge in [0.15, 0.2) is 0 Å². The van der Waals surface area contributed by atoms with E-state index in [9.17, 15) is 16.8 Å². The normalized spacial score (nSPS) is 12.6. The molecule has 0 saturated carbocycles. The highest BCUT2D eigenvalue weighted by Gasteiger charge is 2.24. The minimum Gasteiger partial charge on any atom is -0.219 e. The van der Waals surface area contributed by atoms with Crippen LogP contribution in [0.25, 0.3) is 0 Å². The Bertz CT molecular complexity index is 1170. The van der Waals surface area contributed by atoms with E-state index in [1.807, 2.05) is 30.3 Å². The number of aryl methyl sites for hydroxylation is 1.